The molecular weight excluding hydrogens is 340 g/mol. The molecule has 25 heavy (non-hydrogen) atoms. The van der Waals surface area contributed by atoms with E-state index in [9.17, 15) is 14.7 Å². The highest BCUT2D eigenvalue weighted by Crippen LogP contribution is 2.23. The number of hydrogen-bond donors (Lipinski definition) is 3. The Kier molecular flexibility index (Phi) is 8.79. The van der Waals surface area contributed by atoms with Gasteiger partial charge in [-0.15, -0.1) is 0 Å². The summed E-state index contributed by atoms with van der Waals surface area (Å²) in [6.07, 6.45) is 5.09. The van der Waals surface area contributed by atoms with Crippen LogP contribution in [-0.4, -0.2) is 50.8 Å². The molecule has 0 aromatic rings. The van der Waals surface area contributed by atoms with Crippen LogP contribution in [0.1, 0.15) is 72.1 Å². The molecule has 1 aliphatic heterocycles. The summed E-state index contributed by atoms with van der Waals surface area (Å²) in [6, 6.07) is -0.270. The van der Waals surface area contributed by atoms with Crippen LogP contribution in [0.25, 0.3) is 0 Å². The maximum atomic E-state index is 12.1. The molecule has 0 bridgehead atoms. The summed E-state index contributed by atoms with van der Waals surface area (Å²) < 4.78 is 0. The van der Waals surface area contributed by atoms with Crippen LogP contribution in [0.2, 0.25) is 0 Å². The van der Waals surface area contributed by atoms with Crippen molar-refractivity contribution in [2.24, 2.45) is 5.41 Å². The average molecular weight is 373 g/mol. The zero-order valence-corrected chi connectivity index (χ0v) is 16.4. The van der Waals surface area contributed by atoms with Gasteiger partial charge in [0.1, 0.15) is 6.04 Å². The van der Waals surface area contributed by atoms with Gasteiger partial charge in [-0.1, -0.05) is 40.0 Å². The van der Waals surface area contributed by atoms with Gasteiger partial charge >= 0.3 is 5.97 Å². The SMILES string of the molecule is CC(C)(C)CC(O)CCN1C(=S)NC(=O)C1CCCCCCC(=O)O. The third-order valence-electron chi connectivity index (χ3n) is 4.34. The second-order valence-corrected chi connectivity index (χ2v) is 8.44. The van der Waals surface area contributed by atoms with E-state index in [0.29, 0.717) is 37.3 Å². The van der Waals surface area contributed by atoms with Crippen LogP contribution in [0.4, 0.5) is 0 Å². The van der Waals surface area contributed by atoms with Crippen LogP contribution in [0.3, 0.4) is 0 Å². The van der Waals surface area contributed by atoms with Crippen molar-refractivity contribution in [2.45, 2.75) is 84.3 Å². The molecule has 0 radical (unpaired) electrons. The number of carbonyl (C=O) groups excluding carboxylic acids is 1. The predicted molar refractivity (Wildman–Crippen MR) is 101 cm³/mol. The Labute approximate surface area is 156 Å². The van der Waals surface area contributed by atoms with Gasteiger partial charge < -0.3 is 20.4 Å². The number of carboxylic acid groups (broad SMARTS) is 1. The molecule has 2 atom stereocenters. The van der Waals surface area contributed by atoms with Crippen molar-refractivity contribution in [1.29, 1.82) is 0 Å². The normalized spacial score (nSPS) is 19.2. The number of aliphatic hydroxyl groups excluding tert-OH is 1. The molecule has 0 saturated carbocycles. The van der Waals surface area contributed by atoms with Crippen molar-refractivity contribution in [3.63, 3.8) is 0 Å². The number of carboxylic acids is 1. The second-order valence-electron chi connectivity index (χ2n) is 8.06. The van der Waals surface area contributed by atoms with Crippen molar-refractivity contribution in [3.05, 3.63) is 0 Å². The van der Waals surface area contributed by atoms with Gasteiger partial charge in [-0.2, -0.15) is 0 Å². The number of rotatable bonds is 11. The number of amides is 1. The minimum absolute atomic E-state index is 0.0638. The van der Waals surface area contributed by atoms with Crippen LogP contribution in [0.5, 0.6) is 0 Å². The molecule has 0 spiro atoms. The third kappa shape index (κ3) is 8.63. The molecule has 0 aromatic carbocycles. The van der Waals surface area contributed by atoms with E-state index in [4.69, 9.17) is 17.3 Å². The first kappa shape index (κ1) is 21.8. The van der Waals surface area contributed by atoms with E-state index in [1.54, 1.807) is 0 Å². The Morgan fingerprint density at radius 1 is 1.28 bits per heavy atom. The second kappa shape index (κ2) is 10.1. The number of thiocarbonyl (C=S) groups is 1. The summed E-state index contributed by atoms with van der Waals surface area (Å²) in [5, 5.41) is 22.0. The Bertz CT molecular complexity index is 476. The molecular formula is C18H32N2O4S. The smallest absolute Gasteiger partial charge is 0.303 e. The van der Waals surface area contributed by atoms with Crippen molar-refractivity contribution < 1.29 is 19.8 Å². The average Bonchev–Trinajstić information content (AvgIpc) is 2.72. The highest BCUT2D eigenvalue weighted by molar-refractivity contribution is 7.80. The summed E-state index contributed by atoms with van der Waals surface area (Å²) in [5.41, 5.74) is 0.0638. The van der Waals surface area contributed by atoms with E-state index < -0.39 is 12.1 Å². The summed E-state index contributed by atoms with van der Waals surface area (Å²) >= 11 is 5.25. The molecule has 1 amide bonds. The number of carbonyl (C=O) groups is 2. The molecule has 1 heterocycles. The molecule has 7 heteroatoms. The van der Waals surface area contributed by atoms with Gasteiger partial charge in [0.05, 0.1) is 6.10 Å². The number of hydrogen-bond acceptors (Lipinski definition) is 4. The molecule has 1 aliphatic rings. The summed E-state index contributed by atoms with van der Waals surface area (Å²) in [5.74, 6) is -0.832. The van der Waals surface area contributed by atoms with Gasteiger partial charge in [-0.25, -0.2) is 0 Å². The van der Waals surface area contributed by atoms with Crippen LogP contribution in [0.15, 0.2) is 0 Å². The largest absolute Gasteiger partial charge is 0.481 e. The van der Waals surface area contributed by atoms with Gasteiger partial charge in [0.15, 0.2) is 5.11 Å². The van der Waals surface area contributed by atoms with Crippen LogP contribution in [-0.2, 0) is 9.59 Å². The molecule has 1 rings (SSSR count). The number of nitrogens with one attached hydrogen (secondary N) is 1. The number of unbranched alkanes of at least 4 members (excludes halogenated alkanes) is 3. The lowest BCUT2D eigenvalue weighted by molar-refractivity contribution is -0.137. The zero-order valence-electron chi connectivity index (χ0n) is 15.6. The highest BCUT2D eigenvalue weighted by Gasteiger charge is 2.35. The Hall–Kier alpha value is -1.21. The van der Waals surface area contributed by atoms with E-state index in [1.165, 1.54) is 0 Å². The Morgan fingerprint density at radius 2 is 1.92 bits per heavy atom. The van der Waals surface area contributed by atoms with Crippen molar-refractivity contribution in [1.82, 2.24) is 10.2 Å². The fraction of sp³-hybridized carbons (Fsp3) is 0.833. The van der Waals surface area contributed by atoms with Crippen molar-refractivity contribution in [3.8, 4) is 0 Å². The molecule has 2 unspecified atom stereocenters. The fourth-order valence-electron chi connectivity index (χ4n) is 3.15. The monoisotopic (exact) mass is 372 g/mol. The van der Waals surface area contributed by atoms with Crippen molar-refractivity contribution >= 4 is 29.2 Å². The summed E-state index contributed by atoms with van der Waals surface area (Å²) in [4.78, 5) is 24.5. The first-order chi connectivity index (χ1) is 11.6. The van der Waals surface area contributed by atoms with Gasteiger partial charge in [0.2, 0.25) is 5.91 Å². The van der Waals surface area contributed by atoms with Crippen molar-refractivity contribution in [2.75, 3.05) is 6.54 Å². The molecule has 6 nitrogen and oxygen atoms in total. The third-order valence-corrected chi connectivity index (χ3v) is 4.68. The molecule has 0 aromatic heterocycles. The number of nitrogens with zero attached hydrogens (tertiary/aromatic N) is 1. The Balaban J connectivity index is 2.38. The highest BCUT2D eigenvalue weighted by atomic mass is 32.1. The number of aliphatic carboxylic acids is 1. The van der Waals surface area contributed by atoms with E-state index in [0.717, 1.165) is 19.3 Å². The molecule has 1 fully saturated rings. The standard InChI is InChI=1S/C18H32N2O4S/c1-18(2,3)12-13(21)10-11-20-14(16(24)19-17(20)25)8-6-4-5-7-9-15(22)23/h13-14,21H,4-12H2,1-3H3,(H,22,23)(H,19,24,25). The minimum Gasteiger partial charge on any atom is -0.481 e. The molecule has 144 valence electrons. The van der Waals surface area contributed by atoms with E-state index in [-0.39, 0.29) is 23.8 Å². The predicted octanol–water partition coefficient (Wildman–Crippen LogP) is 2.68. The fourth-order valence-corrected chi connectivity index (χ4v) is 3.47. The molecule has 3 N–H and O–H groups in total. The van der Waals surface area contributed by atoms with Crippen LogP contribution in [0, 0.1) is 5.41 Å². The molecule has 0 aliphatic carbocycles. The van der Waals surface area contributed by atoms with E-state index in [1.807, 2.05) is 4.90 Å². The molecule has 1 saturated heterocycles. The topological polar surface area (TPSA) is 89.9 Å². The minimum atomic E-state index is -0.763. The maximum absolute atomic E-state index is 12.1. The van der Waals surface area contributed by atoms with E-state index in [2.05, 4.69) is 26.1 Å². The lowest BCUT2D eigenvalue weighted by atomic mass is 9.88. The first-order valence-corrected chi connectivity index (χ1v) is 9.52. The Morgan fingerprint density at radius 3 is 2.52 bits per heavy atom. The van der Waals surface area contributed by atoms with Gasteiger partial charge in [-0.3, -0.25) is 9.59 Å². The quantitative estimate of drug-likeness (QED) is 0.382. The van der Waals surface area contributed by atoms with Crippen LogP contribution < -0.4 is 5.32 Å². The number of aliphatic hydroxyl groups is 1. The zero-order chi connectivity index (χ0) is 19.0. The lowest BCUT2D eigenvalue weighted by Gasteiger charge is -2.27. The summed E-state index contributed by atoms with van der Waals surface area (Å²) in [6.45, 7) is 6.84. The first-order valence-electron chi connectivity index (χ1n) is 9.11. The van der Waals surface area contributed by atoms with Gasteiger partial charge in [0, 0.05) is 13.0 Å². The maximum Gasteiger partial charge on any atom is 0.303 e. The van der Waals surface area contributed by atoms with Gasteiger partial charge in [0.25, 0.3) is 0 Å². The van der Waals surface area contributed by atoms with E-state index >= 15 is 0 Å². The van der Waals surface area contributed by atoms with Crippen LogP contribution >= 0.6 is 12.2 Å². The summed E-state index contributed by atoms with van der Waals surface area (Å²) in [7, 11) is 0. The van der Waals surface area contributed by atoms with Gasteiger partial charge in [-0.05, 0) is 43.3 Å². The lowest BCUT2D eigenvalue weighted by Crippen LogP contribution is -2.37.